The number of anilines is 1. The Labute approximate surface area is 173 Å². The number of para-hydroxylation sites is 1. The average molecular weight is 409 g/mol. The molecule has 0 atom stereocenters. The number of carbonyl (C=O) groups excluding carboxylic acids is 3. The summed E-state index contributed by atoms with van der Waals surface area (Å²) in [5.41, 5.74) is 7.22. The van der Waals surface area contributed by atoms with Crippen LogP contribution in [0.4, 0.5) is 5.69 Å². The highest BCUT2D eigenvalue weighted by Crippen LogP contribution is 2.26. The Hall–Kier alpha value is -3.52. The van der Waals surface area contributed by atoms with Crippen molar-refractivity contribution < 1.29 is 19.1 Å². The smallest absolute Gasteiger partial charge is 0.270 e. The summed E-state index contributed by atoms with van der Waals surface area (Å²) in [4.78, 5) is 37.6. The summed E-state index contributed by atoms with van der Waals surface area (Å²) in [5, 5.41) is 2.63. The van der Waals surface area contributed by atoms with Gasteiger partial charge in [0.05, 0.1) is 5.69 Å². The molecule has 0 spiro atoms. The van der Waals surface area contributed by atoms with Crippen LogP contribution in [0.25, 0.3) is 6.08 Å². The third-order valence-electron chi connectivity index (χ3n) is 4.29. The zero-order chi connectivity index (χ0) is 21.0. The number of ether oxygens (including phenoxy) is 1. The van der Waals surface area contributed by atoms with Gasteiger partial charge >= 0.3 is 0 Å². The summed E-state index contributed by atoms with van der Waals surface area (Å²) in [6.07, 6.45) is 2.20. The molecule has 7 nitrogen and oxygen atoms in total. The molecular weight excluding hydrogens is 390 g/mol. The van der Waals surface area contributed by atoms with E-state index in [-0.39, 0.29) is 17.3 Å². The molecule has 3 N–H and O–H groups in total. The van der Waals surface area contributed by atoms with Crippen LogP contribution in [0.5, 0.6) is 5.75 Å². The lowest BCUT2D eigenvalue weighted by atomic mass is 10.0. The second-order valence-corrected chi connectivity index (χ2v) is 6.65. The van der Waals surface area contributed by atoms with Crippen molar-refractivity contribution >= 4 is 46.8 Å². The predicted octanol–water partition coefficient (Wildman–Crippen LogP) is 1.94. The number of nitrogens with two attached hydrogens (primary N) is 1. The fourth-order valence-electron chi connectivity index (χ4n) is 2.89. The fraction of sp³-hybridized carbons (Fsp3) is 0.143. The Balaban J connectivity index is 1.90. The molecule has 3 rings (SSSR count). The maximum absolute atomic E-state index is 13.1. The molecule has 8 heteroatoms. The standard InChI is InChI=1S/C21H19N3O4S/c1-2-14-5-3-4-6-17(14)24-20(27)16(19(26)23-21(24)29)11-13-7-9-15(10-8-13)28-12-18(22)25/h3-11H,2,12H2,1H3,(H2,22,25)(H,23,26,29)/b16-11+. The molecule has 1 aliphatic rings. The highest BCUT2D eigenvalue weighted by Gasteiger charge is 2.35. The number of rotatable bonds is 6. The van der Waals surface area contributed by atoms with Crippen molar-refractivity contribution in [3.05, 3.63) is 65.2 Å². The number of carbonyl (C=O) groups is 3. The van der Waals surface area contributed by atoms with Crippen molar-refractivity contribution in [1.29, 1.82) is 0 Å². The lowest BCUT2D eigenvalue weighted by Crippen LogP contribution is -2.54. The van der Waals surface area contributed by atoms with E-state index in [9.17, 15) is 14.4 Å². The van der Waals surface area contributed by atoms with Crippen molar-refractivity contribution in [2.75, 3.05) is 11.5 Å². The number of amides is 3. The molecule has 148 valence electrons. The third-order valence-corrected chi connectivity index (χ3v) is 4.57. The van der Waals surface area contributed by atoms with Gasteiger partial charge in [-0.2, -0.15) is 0 Å². The molecule has 1 aliphatic heterocycles. The Kier molecular flexibility index (Phi) is 6.04. The van der Waals surface area contributed by atoms with Crippen LogP contribution < -0.4 is 20.7 Å². The third kappa shape index (κ3) is 4.49. The van der Waals surface area contributed by atoms with Crippen molar-refractivity contribution in [3.63, 3.8) is 0 Å². The monoisotopic (exact) mass is 409 g/mol. The number of nitrogens with zero attached hydrogens (tertiary/aromatic N) is 1. The minimum atomic E-state index is -0.580. The number of thiocarbonyl (C=S) groups is 1. The molecule has 1 heterocycles. The first kappa shape index (κ1) is 20.2. The van der Waals surface area contributed by atoms with E-state index >= 15 is 0 Å². The SMILES string of the molecule is CCc1ccccc1N1C(=O)/C(=C/c2ccc(OCC(N)=O)cc2)C(=O)NC1=S. The summed E-state index contributed by atoms with van der Waals surface area (Å²) < 4.78 is 5.20. The maximum atomic E-state index is 13.1. The van der Waals surface area contributed by atoms with Gasteiger partial charge in [0.25, 0.3) is 17.7 Å². The van der Waals surface area contributed by atoms with Crippen molar-refractivity contribution in [3.8, 4) is 5.75 Å². The largest absolute Gasteiger partial charge is 0.484 e. The van der Waals surface area contributed by atoms with Gasteiger partial charge < -0.3 is 10.5 Å². The summed E-state index contributed by atoms with van der Waals surface area (Å²) >= 11 is 5.25. The minimum absolute atomic E-state index is 0.0321. The molecule has 29 heavy (non-hydrogen) atoms. The van der Waals surface area contributed by atoms with Crippen molar-refractivity contribution in [2.45, 2.75) is 13.3 Å². The summed E-state index contributed by atoms with van der Waals surface area (Å²) in [5.74, 6) is -1.18. The van der Waals surface area contributed by atoms with Crippen LogP contribution in [0, 0.1) is 0 Å². The second-order valence-electron chi connectivity index (χ2n) is 6.26. The summed E-state index contributed by atoms with van der Waals surface area (Å²) in [7, 11) is 0. The normalized spacial score (nSPS) is 15.4. The van der Waals surface area contributed by atoms with E-state index in [4.69, 9.17) is 22.7 Å². The highest BCUT2D eigenvalue weighted by atomic mass is 32.1. The molecule has 3 amide bonds. The number of primary amides is 1. The lowest BCUT2D eigenvalue weighted by Gasteiger charge is -2.30. The van der Waals surface area contributed by atoms with Gasteiger partial charge in [0, 0.05) is 0 Å². The Morgan fingerprint density at radius 1 is 1.17 bits per heavy atom. The van der Waals surface area contributed by atoms with Gasteiger partial charge in [0.2, 0.25) is 0 Å². The minimum Gasteiger partial charge on any atom is -0.484 e. The molecule has 0 radical (unpaired) electrons. The Bertz CT molecular complexity index is 1010. The first-order valence-corrected chi connectivity index (χ1v) is 9.32. The van der Waals surface area contributed by atoms with Crippen LogP contribution in [0.1, 0.15) is 18.1 Å². The second kappa shape index (κ2) is 8.66. The van der Waals surface area contributed by atoms with Gasteiger partial charge in [0.1, 0.15) is 11.3 Å². The Morgan fingerprint density at radius 2 is 1.86 bits per heavy atom. The van der Waals surface area contributed by atoms with E-state index in [1.54, 1.807) is 30.3 Å². The maximum Gasteiger partial charge on any atom is 0.270 e. The molecule has 0 bridgehead atoms. The topological polar surface area (TPSA) is 102 Å². The van der Waals surface area contributed by atoms with Gasteiger partial charge in [-0.15, -0.1) is 0 Å². The molecule has 2 aromatic rings. The fourth-order valence-corrected chi connectivity index (χ4v) is 3.16. The van der Waals surface area contributed by atoms with Gasteiger partial charge in [-0.3, -0.25) is 24.6 Å². The van der Waals surface area contributed by atoms with E-state index in [1.165, 1.54) is 11.0 Å². The van der Waals surface area contributed by atoms with E-state index < -0.39 is 17.7 Å². The first-order chi connectivity index (χ1) is 13.9. The van der Waals surface area contributed by atoms with Crippen LogP contribution >= 0.6 is 12.2 Å². The number of benzene rings is 2. The highest BCUT2D eigenvalue weighted by molar-refractivity contribution is 7.80. The first-order valence-electron chi connectivity index (χ1n) is 8.91. The van der Waals surface area contributed by atoms with E-state index in [0.717, 1.165) is 5.56 Å². The summed E-state index contributed by atoms with van der Waals surface area (Å²) in [6, 6.07) is 14.0. The van der Waals surface area contributed by atoms with Gasteiger partial charge in [-0.05, 0) is 54.0 Å². The molecular formula is C21H19N3O4S. The van der Waals surface area contributed by atoms with Crippen LogP contribution in [-0.2, 0) is 20.8 Å². The molecule has 0 unspecified atom stereocenters. The molecule has 0 saturated carbocycles. The zero-order valence-corrected chi connectivity index (χ0v) is 16.5. The van der Waals surface area contributed by atoms with E-state index in [2.05, 4.69) is 5.32 Å². The average Bonchev–Trinajstić information content (AvgIpc) is 2.70. The molecule has 1 saturated heterocycles. The molecule has 2 aromatic carbocycles. The molecule has 1 fully saturated rings. The van der Waals surface area contributed by atoms with Gasteiger partial charge in [0.15, 0.2) is 11.7 Å². The van der Waals surface area contributed by atoms with Crippen LogP contribution in [0.2, 0.25) is 0 Å². The number of hydrogen-bond donors (Lipinski definition) is 2. The summed E-state index contributed by atoms with van der Waals surface area (Å²) in [6.45, 7) is 1.75. The van der Waals surface area contributed by atoms with Gasteiger partial charge in [-0.1, -0.05) is 37.3 Å². The number of aryl methyl sites for hydroxylation is 1. The quantitative estimate of drug-likeness (QED) is 0.431. The van der Waals surface area contributed by atoms with Crippen molar-refractivity contribution in [2.24, 2.45) is 5.73 Å². The molecule has 0 aliphatic carbocycles. The van der Waals surface area contributed by atoms with Crippen LogP contribution in [0.15, 0.2) is 54.1 Å². The van der Waals surface area contributed by atoms with Crippen molar-refractivity contribution in [1.82, 2.24) is 5.32 Å². The number of hydrogen-bond acceptors (Lipinski definition) is 5. The van der Waals surface area contributed by atoms with E-state index in [0.29, 0.717) is 23.4 Å². The van der Waals surface area contributed by atoms with Gasteiger partial charge in [-0.25, -0.2) is 0 Å². The molecule has 0 aromatic heterocycles. The number of nitrogens with one attached hydrogen (secondary N) is 1. The van der Waals surface area contributed by atoms with Crippen LogP contribution in [-0.4, -0.2) is 29.4 Å². The van der Waals surface area contributed by atoms with E-state index in [1.807, 2.05) is 25.1 Å². The predicted molar refractivity (Wildman–Crippen MR) is 113 cm³/mol. The Morgan fingerprint density at radius 3 is 2.52 bits per heavy atom. The van der Waals surface area contributed by atoms with Crippen LogP contribution in [0.3, 0.4) is 0 Å². The zero-order valence-electron chi connectivity index (χ0n) is 15.7. The lowest BCUT2D eigenvalue weighted by molar-refractivity contribution is -0.122.